The van der Waals surface area contributed by atoms with Crippen molar-refractivity contribution in [3.63, 3.8) is 0 Å². The van der Waals surface area contributed by atoms with Gasteiger partial charge in [0.15, 0.2) is 9.84 Å². The molecule has 1 unspecified atom stereocenters. The Morgan fingerprint density at radius 1 is 1.48 bits per heavy atom. The first-order valence-electron chi connectivity index (χ1n) is 6.42. The summed E-state index contributed by atoms with van der Waals surface area (Å²) in [6.45, 7) is 0. The van der Waals surface area contributed by atoms with E-state index in [1.165, 1.54) is 6.08 Å². The monoisotopic (exact) mass is 329 g/mol. The Bertz CT molecular complexity index is 684. The van der Waals surface area contributed by atoms with E-state index < -0.39 is 15.8 Å². The van der Waals surface area contributed by atoms with Gasteiger partial charge in [-0.2, -0.15) is 0 Å². The van der Waals surface area contributed by atoms with Crippen molar-refractivity contribution in [2.75, 3.05) is 23.5 Å². The number of hydrogen-bond acceptors (Lipinski definition) is 4. The maximum Gasteiger partial charge on any atom is 0.328 e. The third kappa shape index (κ3) is 3.98. The van der Waals surface area contributed by atoms with Crippen molar-refractivity contribution in [3.8, 4) is 0 Å². The molecule has 1 aliphatic rings. The van der Waals surface area contributed by atoms with Crippen LogP contribution in [0.5, 0.6) is 0 Å². The topological polar surface area (TPSA) is 74.7 Å². The van der Waals surface area contributed by atoms with E-state index in [1.54, 1.807) is 18.2 Å². The minimum atomic E-state index is -2.98. The number of anilines is 1. The van der Waals surface area contributed by atoms with Crippen LogP contribution >= 0.6 is 11.6 Å². The van der Waals surface area contributed by atoms with Crippen molar-refractivity contribution < 1.29 is 18.3 Å². The fourth-order valence-corrected chi connectivity index (χ4v) is 4.37. The van der Waals surface area contributed by atoms with Crippen molar-refractivity contribution in [2.45, 2.75) is 12.5 Å². The van der Waals surface area contributed by atoms with Gasteiger partial charge < -0.3 is 10.0 Å². The Labute approximate surface area is 128 Å². The smallest absolute Gasteiger partial charge is 0.328 e. The Kier molecular flexibility index (Phi) is 4.58. The standard InChI is InChI=1S/C14H16ClNO4S/c1-16(12-6-7-21(19,20)9-12)13-4-3-11(15)8-10(13)2-5-14(17)18/h2-5,8,12H,6-7,9H2,1H3,(H,17,18)/b5-2+. The van der Waals surface area contributed by atoms with Crippen LogP contribution in [0, 0.1) is 0 Å². The molecular weight excluding hydrogens is 314 g/mol. The molecule has 1 aromatic carbocycles. The molecule has 0 radical (unpaired) electrons. The molecule has 0 aliphatic carbocycles. The highest BCUT2D eigenvalue weighted by Gasteiger charge is 2.31. The molecular formula is C14H16ClNO4S. The summed E-state index contributed by atoms with van der Waals surface area (Å²) in [5.74, 6) is -0.739. The summed E-state index contributed by atoms with van der Waals surface area (Å²) in [4.78, 5) is 12.5. The van der Waals surface area contributed by atoms with E-state index in [0.717, 1.165) is 11.8 Å². The summed E-state index contributed by atoms with van der Waals surface area (Å²) in [5.41, 5.74) is 1.41. The molecule has 114 valence electrons. The number of carbonyl (C=O) groups is 1. The quantitative estimate of drug-likeness (QED) is 0.856. The van der Waals surface area contributed by atoms with Crippen molar-refractivity contribution in [2.24, 2.45) is 0 Å². The lowest BCUT2D eigenvalue weighted by Gasteiger charge is -2.27. The first-order valence-corrected chi connectivity index (χ1v) is 8.62. The summed E-state index contributed by atoms with van der Waals surface area (Å²) in [7, 11) is -1.16. The van der Waals surface area contributed by atoms with Crippen LogP contribution in [0.4, 0.5) is 5.69 Å². The van der Waals surface area contributed by atoms with Crippen LogP contribution in [-0.2, 0) is 14.6 Å². The molecule has 1 fully saturated rings. The number of carboxylic acid groups (broad SMARTS) is 1. The van der Waals surface area contributed by atoms with Crippen LogP contribution in [0.15, 0.2) is 24.3 Å². The second-order valence-corrected chi connectivity index (χ2v) is 7.71. The normalized spacial score (nSPS) is 20.8. The number of hydrogen-bond donors (Lipinski definition) is 1. The molecule has 1 atom stereocenters. The van der Waals surface area contributed by atoms with Crippen LogP contribution in [0.3, 0.4) is 0 Å². The van der Waals surface area contributed by atoms with Crippen molar-refractivity contribution in [1.29, 1.82) is 0 Å². The van der Waals surface area contributed by atoms with Gasteiger partial charge >= 0.3 is 5.97 Å². The zero-order chi connectivity index (χ0) is 15.6. The van der Waals surface area contributed by atoms with E-state index >= 15 is 0 Å². The molecule has 5 nitrogen and oxygen atoms in total. The number of nitrogens with zero attached hydrogens (tertiary/aromatic N) is 1. The summed E-state index contributed by atoms with van der Waals surface area (Å²) >= 11 is 5.95. The highest BCUT2D eigenvalue weighted by molar-refractivity contribution is 7.91. The molecule has 1 saturated heterocycles. The van der Waals surface area contributed by atoms with Gasteiger partial charge in [0.2, 0.25) is 0 Å². The third-order valence-electron chi connectivity index (χ3n) is 3.53. The molecule has 7 heteroatoms. The minimum Gasteiger partial charge on any atom is -0.478 e. The van der Waals surface area contributed by atoms with Gasteiger partial charge in [0, 0.05) is 29.9 Å². The molecule has 1 heterocycles. The fourth-order valence-electron chi connectivity index (χ4n) is 2.42. The molecule has 0 aromatic heterocycles. The first kappa shape index (κ1) is 15.9. The molecule has 1 aliphatic heterocycles. The van der Waals surface area contributed by atoms with Gasteiger partial charge in [-0.3, -0.25) is 0 Å². The van der Waals surface area contributed by atoms with Gasteiger partial charge in [-0.05, 0) is 36.3 Å². The first-order chi connectivity index (χ1) is 9.78. The average Bonchev–Trinajstić information content (AvgIpc) is 2.76. The Morgan fingerprint density at radius 3 is 2.76 bits per heavy atom. The summed E-state index contributed by atoms with van der Waals surface area (Å²) in [5, 5.41) is 9.24. The molecule has 0 saturated carbocycles. The number of carboxylic acids is 1. The van der Waals surface area contributed by atoms with Crippen LogP contribution in [-0.4, -0.2) is 44.1 Å². The van der Waals surface area contributed by atoms with E-state index in [4.69, 9.17) is 16.7 Å². The summed E-state index contributed by atoms with van der Waals surface area (Å²) in [6.07, 6.45) is 3.07. The molecule has 0 bridgehead atoms. The van der Waals surface area contributed by atoms with E-state index in [0.29, 0.717) is 17.0 Å². The summed E-state index contributed by atoms with van der Waals surface area (Å²) in [6, 6.07) is 5.04. The number of halogens is 1. The zero-order valence-corrected chi connectivity index (χ0v) is 13.1. The number of rotatable bonds is 4. The van der Waals surface area contributed by atoms with Crippen LogP contribution in [0.2, 0.25) is 5.02 Å². The van der Waals surface area contributed by atoms with Crippen LogP contribution in [0.25, 0.3) is 6.08 Å². The highest BCUT2D eigenvalue weighted by atomic mass is 35.5. The van der Waals surface area contributed by atoms with Gasteiger partial charge in [0.1, 0.15) is 0 Å². The van der Waals surface area contributed by atoms with E-state index in [-0.39, 0.29) is 17.5 Å². The molecule has 1 aromatic rings. The second-order valence-electron chi connectivity index (χ2n) is 5.04. The Balaban J connectivity index is 2.32. The second kappa shape index (κ2) is 6.07. The van der Waals surface area contributed by atoms with Crippen molar-refractivity contribution >= 4 is 39.2 Å². The van der Waals surface area contributed by atoms with E-state index in [1.807, 2.05) is 11.9 Å². The van der Waals surface area contributed by atoms with E-state index in [9.17, 15) is 13.2 Å². The van der Waals surface area contributed by atoms with Gasteiger partial charge in [-0.25, -0.2) is 13.2 Å². The lowest BCUT2D eigenvalue weighted by atomic mass is 10.1. The number of sulfone groups is 1. The predicted octanol–water partition coefficient (Wildman–Crippen LogP) is 2.06. The van der Waals surface area contributed by atoms with Crippen LogP contribution in [0.1, 0.15) is 12.0 Å². The maximum absolute atomic E-state index is 11.6. The Morgan fingerprint density at radius 2 is 2.19 bits per heavy atom. The van der Waals surface area contributed by atoms with Gasteiger partial charge in [0.05, 0.1) is 11.5 Å². The average molecular weight is 330 g/mol. The molecule has 1 N–H and O–H groups in total. The number of aliphatic carboxylic acids is 1. The minimum absolute atomic E-state index is 0.104. The SMILES string of the molecule is CN(c1ccc(Cl)cc1/C=C/C(=O)O)C1CCS(=O)(=O)C1. The zero-order valence-electron chi connectivity index (χ0n) is 11.5. The van der Waals surface area contributed by atoms with E-state index in [2.05, 4.69) is 0 Å². The van der Waals surface area contributed by atoms with Crippen molar-refractivity contribution in [3.05, 3.63) is 34.9 Å². The summed E-state index contributed by atoms with van der Waals surface area (Å²) < 4.78 is 23.2. The van der Waals surface area contributed by atoms with Gasteiger partial charge in [0.25, 0.3) is 0 Å². The third-order valence-corrected chi connectivity index (χ3v) is 5.52. The van der Waals surface area contributed by atoms with Crippen molar-refractivity contribution in [1.82, 2.24) is 0 Å². The largest absolute Gasteiger partial charge is 0.478 e. The molecule has 2 rings (SSSR count). The molecule has 0 amide bonds. The Hall–Kier alpha value is -1.53. The lowest BCUT2D eigenvalue weighted by Crippen LogP contribution is -2.32. The highest BCUT2D eigenvalue weighted by Crippen LogP contribution is 2.29. The molecule has 0 spiro atoms. The maximum atomic E-state index is 11.6. The van der Waals surface area contributed by atoms with Crippen LogP contribution < -0.4 is 4.90 Å². The molecule has 21 heavy (non-hydrogen) atoms. The number of benzene rings is 1. The fraction of sp³-hybridized carbons (Fsp3) is 0.357. The van der Waals surface area contributed by atoms with Gasteiger partial charge in [-0.1, -0.05) is 11.6 Å². The predicted molar refractivity (Wildman–Crippen MR) is 83.6 cm³/mol. The lowest BCUT2D eigenvalue weighted by molar-refractivity contribution is -0.131. The van der Waals surface area contributed by atoms with Gasteiger partial charge in [-0.15, -0.1) is 0 Å².